The lowest BCUT2D eigenvalue weighted by Gasteiger charge is -2.38. The van der Waals surface area contributed by atoms with Crippen molar-refractivity contribution in [1.82, 2.24) is 4.98 Å². The summed E-state index contributed by atoms with van der Waals surface area (Å²) in [5.74, 6) is -0.661. The lowest BCUT2D eigenvalue weighted by atomic mass is 10.0. The molecule has 1 N–H and O–H groups in total. The molecule has 1 amide bonds. The highest BCUT2D eigenvalue weighted by atomic mass is 35.5. The van der Waals surface area contributed by atoms with Crippen LogP contribution in [0.25, 0.3) is 0 Å². The number of carbonyl (C=O) groups is 1. The van der Waals surface area contributed by atoms with Gasteiger partial charge in [0.15, 0.2) is 5.79 Å². The van der Waals surface area contributed by atoms with Crippen LogP contribution in [0.4, 0.5) is 11.4 Å². The van der Waals surface area contributed by atoms with Crippen molar-refractivity contribution >= 4 is 28.9 Å². The predicted molar refractivity (Wildman–Crippen MR) is 104 cm³/mol. The second-order valence-electron chi connectivity index (χ2n) is 6.91. The highest BCUT2D eigenvalue weighted by Gasteiger charge is 2.39. The van der Waals surface area contributed by atoms with Gasteiger partial charge < -0.3 is 19.7 Å². The van der Waals surface area contributed by atoms with E-state index in [0.29, 0.717) is 29.6 Å². The molecule has 0 bridgehead atoms. The summed E-state index contributed by atoms with van der Waals surface area (Å²) in [7, 11) is 0. The number of rotatable bonds is 3. The fourth-order valence-corrected chi connectivity index (χ4v) is 3.72. The average molecular weight is 388 g/mol. The zero-order valence-corrected chi connectivity index (χ0v) is 16.0. The summed E-state index contributed by atoms with van der Waals surface area (Å²) in [6.45, 7) is 4.90. The number of aryl methyl sites for hydroxylation is 1. The Kier molecular flexibility index (Phi) is 5.04. The number of piperidine rings is 1. The van der Waals surface area contributed by atoms with Gasteiger partial charge in [-0.25, -0.2) is 0 Å². The first-order valence-electron chi connectivity index (χ1n) is 9.11. The molecule has 2 aliphatic heterocycles. The molecule has 0 saturated carbocycles. The number of halogens is 1. The monoisotopic (exact) mass is 387 g/mol. The van der Waals surface area contributed by atoms with Gasteiger partial charge in [-0.15, -0.1) is 0 Å². The van der Waals surface area contributed by atoms with Crippen LogP contribution in [0.1, 0.15) is 28.9 Å². The topological polar surface area (TPSA) is 63.7 Å². The number of anilines is 2. The molecule has 1 aromatic carbocycles. The lowest BCUT2D eigenvalue weighted by Crippen LogP contribution is -2.45. The maximum absolute atomic E-state index is 12.6. The summed E-state index contributed by atoms with van der Waals surface area (Å²) in [5.41, 5.74) is 2.99. The molecule has 7 heteroatoms. The molecule has 1 spiro atoms. The predicted octanol–water partition coefficient (Wildman–Crippen LogP) is 3.64. The molecule has 6 nitrogen and oxygen atoms in total. The van der Waals surface area contributed by atoms with Gasteiger partial charge in [0.1, 0.15) is 5.69 Å². The number of amides is 1. The average Bonchev–Trinajstić information content (AvgIpc) is 3.13. The number of ether oxygens (including phenoxy) is 2. The first-order valence-corrected chi connectivity index (χ1v) is 9.49. The molecule has 27 heavy (non-hydrogen) atoms. The molecule has 0 radical (unpaired) electrons. The van der Waals surface area contributed by atoms with Crippen LogP contribution in [0, 0.1) is 6.92 Å². The number of nitrogens with zero attached hydrogens (tertiary/aromatic N) is 2. The van der Waals surface area contributed by atoms with Crippen molar-refractivity contribution in [3.63, 3.8) is 0 Å². The molecule has 3 heterocycles. The molecule has 0 unspecified atom stereocenters. The van der Waals surface area contributed by atoms with Gasteiger partial charge in [0, 0.05) is 48.5 Å². The molecule has 2 fully saturated rings. The van der Waals surface area contributed by atoms with Gasteiger partial charge in [-0.3, -0.25) is 9.78 Å². The zero-order valence-electron chi connectivity index (χ0n) is 15.2. The van der Waals surface area contributed by atoms with E-state index in [1.54, 1.807) is 18.3 Å². The van der Waals surface area contributed by atoms with E-state index in [1.165, 1.54) is 0 Å². The molecule has 2 aromatic rings. The molecule has 0 atom stereocenters. The van der Waals surface area contributed by atoms with E-state index >= 15 is 0 Å². The van der Waals surface area contributed by atoms with Crippen molar-refractivity contribution < 1.29 is 14.3 Å². The summed E-state index contributed by atoms with van der Waals surface area (Å²) in [4.78, 5) is 19.1. The van der Waals surface area contributed by atoms with Crippen LogP contribution in [-0.4, -0.2) is 43.0 Å². The highest BCUT2D eigenvalue weighted by molar-refractivity contribution is 6.31. The second-order valence-corrected chi connectivity index (χ2v) is 7.34. The van der Waals surface area contributed by atoms with E-state index in [0.717, 1.165) is 37.2 Å². The van der Waals surface area contributed by atoms with Crippen LogP contribution in [0.3, 0.4) is 0 Å². The Bertz CT molecular complexity index is 842. The lowest BCUT2D eigenvalue weighted by molar-refractivity contribution is -0.169. The summed E-state index contributed by atoms with van der Waals surface area (Å²) < 4.78 is 11.6. The number of aromatic nitrogens is 1. The van der Waals surface area contributed by atoms with Crippen molar-refractivity contribution in [3.8, 4) is 0 Å². The van der Waals surface area contributed by atoms with Crippen molar-refractivity contribution in [2.75, 3.05) is 36.5 Å². The SMILES string of the molecule is Cc1ccc(Cl)cc1NC(=O)c1cc(N2CCC3(CC2)OCCO3)ccn1. The fourth-order valence-electron chi connectivity index (χ4n) is 3.55. The standard InChI is InChI=1S/C20H22ClN3O3/c1-14-2-3-15(21)12-17(14)23-19(25)18-13-16(4-7-22-18)24-8-5-20(6-9-24)26-10-11-27-20/h2-4,7,12-13H,5-6,8-11H2,1H3,(H,23,25). The van der Waals surface area contributed by atoms with Crippen LogP contribution < -0.4 is 10.2 Å². The van der Waals surface area contributed by atoms with Gasteiger partial charge in [0.2, 0.25) is 0 Å². The first-order chi connectivity index (χ1) is 13.0. The Hall–Kier alpha value is -2.15. The van der Waals surface area contributed by atoms with E-state index < -0.39 is 5.79 Å². The van der Waals surface area contributed by atoms with Gasteiger partial charge in [-0.05, 0) is 36.8 Å². The van der Waals surface area contributed by atoms with E-state index in [1.807, 2.05) is 25.1 Å². The zero-order chi connectivity index (χ0) is 18.9. The highest BCUT2D eigenvalue weighted by Crippen LogP contribution is 2.33. The third-order valence-corrected chi connectivity index (χ3v) is 5.36. The molecule has 4 rings (SSSR count). The summed E-state index contributed by atoms with van der Waals surface area (Å²) >= 11 is 6.03. The number of pyridine rings is 1. The number of hydrogen-bond acceptors (Lipinski definition) is 5. The van der Waals surface area contributed by atoms with Crippen molar-refractivity contribution in [1.29, 1.82) is 0 Å². The van der Waals surface area contributed by atoms with E-state index in [4.69, 9.17) is 21.1 Å². The third kappa shape index (κ3) is 3.93. The van der Waals surface area contributed by atoms with Gasteiger partial charge in [-0.1, -0.05) is 17.7 Å². The van der Waals surface area contributed by atoms with Gasteiger partial charge in [-0.2, -0.15) is 0 Å². The van der Waals surface area contributed by atoms with Crippen molar-refractivity contribution in [3.05, 3.63) is 52.8 Å². The Morgan fingerprint density at radius 3 is 2.67 bits per heavy atom. The number of nitrogens with one attached hydrogen (secondary N) is 1. The number of carbonyl (C=O) groups excluding carboxylic acids is 1. The van der Waals surface area contributed by atoms with Crippen LogP contribution in [0.2, 0.25) is 5.02 Å². The molecule has 2 saturated heterocycles. The molecule has 1 aromatic heterocycles. The summed E-state index contributed by atoms with van der Waals surface area (Å²) in [6, 6.07) is 9.16. The van der Waals surface area contributed by atoms with Gasteiger partial charge in [0.25, 0.3) is 5.91 Å². The summed E-state index contributed by atoms with van der Waals surface area (Å²) in [5, 5.41) is 3.47. The minimum absolute atomic E-state index is 0.252. The quantitative estimate of drug-likeness (QED) is 0.871. The largest absolute Gasteiger partial charge is 0.371 e. The maximum Gasteiger partial charge on any atom is 0.274 e. The Morgan fingerprint density at radius 2 is 1.93 bits per heavy atom. The number of benzene rings is 1. The van der Waals surface area contributed by atoms with Crippen LogP contribution in [0.5, 0.6) is 0 Å². The molecule has 2 aliphatic rings. The minimum atomic E-state index is -0.409. The third-order valence-electron chi connectivity index (χ3n) is 5.13. The molecular formula is C20H22ClN3O3. The second kappa shape index (κ2) is 7.46. The van der Waals surface area contributed by atoms with Gasteiger partial charge in [0.05, 0.1) is 13.2 Å². The fraction of sp³-hybridized carbons (Fsp3) is 0.400. The minimum Gasteiger partial charge on any atom is -0.371 e. The van der Waals surface area contributed by atoms with E-state index in [2.05, 4.69) is 15.2 Å². The van der Waals surface area contributed by atoms with E-state index in [9.17, 15) is 4.79 Å². The van der Waals surface area contributed by atoms with Gasteiger partial charge >= 0.3 is 0 Å². The first kappa shape index (κ1) is 18.2. The number of hydrogen-bond donors (Lipinski definition) is 1. The maximum atomic E-state index is 12.6. The van der Waals surface area contributed by atoms with Crippen LogP contribution >= 0.6 is 11.6 Å². The Morgan fingerprint density at radius 1 is 1.19 bits per heavy atom. The molecule has 142 valence electrons. The smallest absolute Gasteiger partial charge is 0.274 e. The van der Waals surface area contributed by atoms with Crippen molar-refractivity contribution in [2.45, 2.75) is 25.6 Å². The Balaban J connectivity index is 1.46. The van der Waals surface area contributed by atoms with Crippen LogP contribution in [0.15, 0.2) is 36.5 Å². The summed E-state index contributed by atoms with van der Waals surface area (Å²) in [6.07, 6.45) is 3.30. The Labute approximate surface area is 163 Å². The van der Waals surface area contributed by atoms with Crippen molar-refractivity contribution in [2.24, 2.45) is 0 Å². The van der Waals surface area contributed by atoms with Crippen LogP contribution in [-0.2, 0) is 9.47 Å². The normalized spacial score (nSPS) is 18.7. The van der Waals surface area contributed by atoms with E-state index in [-0.39, 0.29) is 5.91 Å². The molecule has 0 aliphatic carbocycles. The molecular weight excluding hydrogens is 366 g/mol.